The number of ether oxygens (including phenoxy) is 2. The predicted octanol–water partition coefficient (Wildman–Crippen LogP) is -1.40. The fourth-order valence-electron chi connectivity index (χ4n) is 5.22. The van der Waals surface area contributed by atoms with Gasteiger partial charge >= 0.3 is 13.4 Å². The van der Waals surface area contributed by atoms with Crippen LogP contribution in [0.5, 0.6) is 0 Å². The number of nitrogen functional groups attached to an aromatic ring is 2. The summed E-state index contributed by atoms with van der Waals surface area (Å²) in [5.41, 5.74) is 12.8. The van der Waals surface area contributed by atoms with Crippen LogP contribution in [0.4, 0.5) is 11.6 Å². The third-order valence-electron chi connectivity index (χ3n) is 7.26. The summed E-state index contributed by atoms with van der Waals surface area (Å²) in [7, 11) is 0. The number of nitrogens with zero attached hydrogens (tertiary/aromatic N) is 8. The van der Waals surface area contributed by atoms with Crippen LogP contribution in [0, 0.1) is 0 Å². The second-order valence-electron chi connectivity index (χ2n) is 9.95. The first kappa shape index (κ1) is 30.3. The average molecular weight is 691 g/mol. The summed E-state index contributed by atoms with van der Waals surface area (Å²) < 4.78 is 37.5. The number of rotatable bonds is 2. The minimum atomic E-state index is -4.16. The van der Waals surface area contributed by atoms with Gasteiger partial charge in [-0.05, 0) is 23.6 Å². The SMILES string of the molecule is Nc1ncnc2c1ncn2[C@@H]1O[C@@H]2COP(O)(=S)O[C@@H]3[C@@H](O)[C@H](COP(O)(=S)O[C@H]2[C@H]1O)O[C@H]3n1cnc2c(N)ncnc21. The summed E-state index contributed by atoms with van der Waals surface area (Å²) in [6.07, 6.45) is -5.21. The zero-order chi connectivity index (χ0) is 31.0. The summed E-state index contributed by atoms with van der Waals surface area (Å²) in [5.74, 6) is 0.212. The molecule has 2 bridgehead atoms. The van der Waals surface area contributed by atoms with Crippen molar-refractivity contribution in [3.63, 3.8) is 0 Å². The van der Waals surface area contributed by atoms with E-state index >= 15 is 0 Å². The molecule has 3 aliphatic rings. The molecule has 4 aromatic heterocycles. The molecule has 3 fully saturated rings. The van der Waals surface area contributed by atoms with Gasteiger partial charge in [-0.1, -0.05) is 0 Å². The molecule has 20 nitrogen and oxygen atoms in total. The maximum absolute atomic E-state index is 11.3. The first-order valence-corrected chi connectivity index (χ1v) is 17.9. The molecule has 10 atom stereocenters. The summed E-state index contributed by atoms with van der Waals surface area (Å²) in [6.45, 7) is -9.28. The van der Waals surface area contributed by atoms with Crippen LogP contribution >= 0.6 is 13.4 Å². The summed E-state index contributed by atoms with van der Waals surface area (Å²) in [4.78, 5) is 46.6. The molecular weight excluding hydrogens is 666 g/mol. The zero-order valence-electron chi connectivity index (χ0n) is 22.0. The molecule has 7 rings (SSSR count). The van der Waals surface area contributed by atoms with E-state index in [0.717, 1.165) is 0 Å². The summed E-state index contributed by atoms with van der Waals surface area (Å²) in [5, 5.41) is 22.4. The molecule has 0 aliphatic carbocycles. The molecule has 0 amide bonds. The quantitative estimate of drug-likeness (QED) is 0.132. The highest BCUT2D eigenvalue weighted by molar-refractivity contribution is 8.07. The number of nitrogens with two attached hydrogens (primary N) is 2. The smallest absolute Gasteiger partial charge is 0.325 e. The van der Waals surface area contributed by atoms with E-state index in [4.69, 9.17) is 62.6 Å². The molecule has 4 aromatic rings. The molecule has 0 aromatic carbocycles. The molecule has 2 unspecified atom stereocenters. The fourth-order valence-corrected chi connectivity index (χ4v) is 8.08. The van der Waals surface area contributed by atoms with Crippen molar-refractivity contribution >= 4 is 71.0 Å². The van der Waals surface area contributed by atoms with Crippen LogP contribution in [0.2, 0.25) is 0 Å². The van der Waals surface area contributed by atoms with E-state index in [9.17, 15) is 20.0 Å². The number of imidazole rings is 2. The summed E-state index contributed by atoms with van der Waals surface area (Å²) in [6, 6.07) is 0. The van der Waals surface area contributed by atoms with E-state index in [-0.39, 0.29) is 34.0 Å². The topological polar surface area (TPSA) is 276 Å². The van der Waals surface area contributed by atoms with Gasteiger partial charge in [0.25, 0.3) is 0 Å². The Morgan fingerprint density at radius 2 is 1.20 bits per heavy atom. The molecule has 24 heteroatoms. The first-order chi connectivity index (χ1) is 20.9. The van der Waals surface area contributed by atoms with Gasteiger partial charge in [0.2, 0.25) is 0 Å². The molecule has 236 valence electrons. The van der Waals surface area contributed by atoms with Crippen LogP contribution in [-0.4, -0.2) is 109 Å². The number of anilines is 2. The van der Waals surface area contributed by atoms with E-state index in [0.29, 0.717) is 0 Å². The van der Waals surface area contributed by atoms with Crippen LogP contribution in [0.3, 0.4) is 0 Å². The molecule has 7 heterocycles. The second-order valence-corrected chi connectivity index (χ2v) is 15.5. The Bertz CT molecular complexity index is 1830. The van der Waals surface area contributed by atoms with E-state index in [1.165, 1.54) is 34.4 Å². The van der Waals surface area contributed by atoms with Crippen molar-refractivity contribution in [3.05, 3.63) is 25.3 Å². The van der Waals surface area contributed by atoms with Gasteiger partial charge in [0.1, 0.15) is 60.3 Å². The summed E-state index contributed by atoms with van der Waals surface area (Å²) >= 11 is 10.5. The highest BCUT2D eigenvalue weighted by Gasteiger charge is 2.52. The van der Waals surface area contributed by atoms with Crippen LogP contribution in [-0.2, 0) is 51.2 Å². The van der Waals surface area contributed by atoms with Crippen LogP contribution in [0.25, 0.3) is 22.3 Å². The van der Waals surface area contributed by atoms with Gasteiger partial charge in [0.05, 0.1) is 25.9 Å². The Kier molecular flexibility index (Phi) is 7.66. The van der Waals surface area contributed by atoms with Crippen LogP contribution < -0.4 is 11.5 Å². The Balaban J connectivity index is 1.20. The van der Waals surface area contributed by atoms with Gasteiger partial charge in [-0.2, -0.15) is 0 Å². The molecule has 0 saturated carbocycles. The third-order valence-corrected chi connectivity index (χ3v) is 10.4. The monoisotopic (exact) mass is 690 g/mol. The Labute approximate surface area is 256 Å². The van der Waals surface area contributed by atoms with E-state index in [2.05, 4.69) is 29.9 Å². The standard InChI is InChI=1S/C20H24N10O10P2S2/c21-15-9-17(25-3-23-15)29(5-27-9)19-12(32)13-8(38-19)2-36-42(34,44)40-14-11(31)7(1-35-41(33,43)39-13)37-20(14)30-6-28-10-16(22)24-4-26-18(10)30/h3-8,11-14,19-20,31-32H,1-2H2,(H,33,43)(H,34,44)(H2,21,23,25)(H2,22,24,26)/t7-,8+,11-,12+,13+,14+,19+,20+,41?,42?/m0/s1. The van der Waals surface area contributed by atoms with Crippen molar-refractivity contribution in [3.8, 4) is 0 Å². The number of aromatic nitrogens is 8. The van der Waals surface area contributed by atoms with Gasteiger partial charge < -0.3 is 50.0 Å². The number of hydrogen-bond acceptors (Lipinski definition) is 18. The predicted molar refractivity (Wildman–Crippen MR) is 154 cm³/mol. The van der Waals surface area contributed by atoms with Gasteiger partial charge in [0, 0.05) is 0 Å². The maximum atomic E-state index is 11.3. The molecule has 3 saturated heterocycles. The number of aliphatic hydroxyl groups excluding tert-OH is 2. The lowest BCUT2D eigenvalue weighted by molar-refractivity contribution is -0.0606. The van der Waals surface area contributed by atoms with Gasteiger partial charge in [-0.25, -0.2) is 29.9 Å². The maximum Gasteiger partial charge on any atom is 0.325 e. The molecule has 3 aliphatic heterocycles. The van der Waals surface area contributed by atoms with Gasteiger partial charge in [0.15, 0.2) is 35.4 Å². The Morgan fingerprint density at radius 3 is 1.80 bits per heavy atom. The van der Waals surface area contributed by atoms with Crippen molar-refractivity contribution in [2.45, 2.75) is 49.1 Å². The Morgan fingerprint density at radius 1 is 0.705 bits per heavy atom. The van der Waals surface area contributed by atoms with Crippen molar-refractivity contribution in [1.29, 1.82) is 0 Å². The first-order valence-electron chi connectivity index (χ1n) is 12.8. The largest absolute Gasteiger partial charge is 0.387 e. The second kappa shape index (κ2) is 11.1. The fraction of sp³-hybridized carbons (Fsp3) is 0.500. The van der Waals surface area contributed by atoms with Crippen molar-refractivity contribution in [2.75, 3.05) is 24.7 Å². The minimum absolute atomic E-state index is 0.103. The number of fused-ring (bicyclic) bond motifs is 5. The lowest BCUT2D eigenvalue weighted by Gasteiger charge is -2.28. The lowest BCUT2D eigenvalue weighted by Crippen LogP contribution is -2.36. The highest BCUT2D eigenvalue weighted by Crippen LogP contribution is 2.54. The molecule has 0 radical (unpaired) electrons. The number of hydrogen-bond donors (Lipinski definition) is 6. The third kappa shape index (κ3) is 5.29. The van der Waals surface area contributed by atoms with Gasteiger partial charge in [-0.15, -0.1) is 0 Å². The molecule has 8 N–H and O–H groups in total. The van der Waals surface area contributed by atoms with Crippen molar-refractivity contribution in [2.24, 2.45) is 0 Å². The molecular formula is C20H24N10O10P2S2. The lowest BCUT2D eigenvalue weighted by atomic mass is 10.1. The molecule has 44 heavy (non-hydrogen) atoms. The van der Waals surface area contributed by atoms with E-state index < -0.39 is 75.7 Å². The van der Waals surface area contributed by atoms with E-state index in [1.807, 2.05) is 0 Å². The minimum Gasteiger partial charge on any atom is -0.387 e. The van der Waals surface area contributed by atoms with Crippen LogP contribution in [0.15, 0.2) is 25.3 Å². The van der Waals surface area contributed by atoms with Crippen molar-refractivity contribution < 1.29 is 47.6 Å². The van der Waals surface area contributed by atoms with Crippen molar-refractivity contribution in [1.82, 2.24) is 39.0 Å². The van der Waals surface area contributed by atoms with Gasteiger partial charge in [-0.3, -0.25) is 18.2 Å². The normalized spacial score (nSPS) is 38.3. The Hall–Kier alpha value is -2.40. The average Bonchev–Trinajstić information content (AvgIpc) is 3.73. The zero-order valence-corrected chi connectivity index (χ0v) is 25.4. The molecule has 0 spiro atoms. The highest BCUT2D eigenvalue weighted by atomic mass is 32.5. The van der Waals surface area contributed by atoms with E-state index in [1.54, 1.807) is 0 Å². The van der Waals surface area contributed by atoms with Crippen LogP contribution in [0.1, 0.15) is 12.5 Å². The number of aliphatic hydroxyl groups is 2.